The van der Waals surface area contributed by atoms with Crippen LogP contribution in [0.3, 0.4) is 0 Å². The van der Waals surface area contributed by atoms with Crippen LogP contribution >= 0.6 is 0 Å². The fourth-order valence-corrected chi connectivity index (χ4v) is 2.06. The zero-order valence-electron chi connectivity index (χ0n) is 10.7. The van der Waals surface area contributed by atoms with Gasteiger partial charge in [-0.05, 0) is 25.1 Å². The molecule has 1 aromatic rings. The number of methoxy groups -OCH3 is 1. The highest BCUT2D eigenvalue weighted by molar-refractivity contribution is 5.95. The van der Waals surface area contributed by atoms with Gasteiger partial charge in [-0.15, -0.1) is 0 Å². The summed E-state index contributed by atoms with van der Waals surface area (Å²) in [7, 11) is 1.55. The van der Waals surface area contributed by atoms with Crippen molar-refractivity contribution < 1.29 is 14.3 Å². The smallest absolute Gasteiger partial charge is 0.254 e. The third-order valence-corrected chi connectivity index (χ3v) is 3.11. The van der Waals surface area contributed by atoms with Crippen LogP contribution in [0.2, 0.25) is 0 Å². The highest BCUT2D eigenvalue weighted by atomic mass is 16.5. The molecule has 0 spiro atoms. The first-order valence-electron chi connectivity index (χ1n) is 5.95. The molecule has 5 nitrogen and oxygen atoms in total. The van der Waals surface area contributed by atoms with E-state index in [1.807, 2.05) is 11.8 Å². The van der Waals surface area contributed by atoms with Gasteiger partial charge in [0.05, 0.1) is 32.1 Å². The van der Waals surface area contributed by atoms with Crippen molar-refractivity contribution in [2.45, 2.75) is 13.0 Å². The molecular formula is C13H18N2O3. The summed E-state index contributed by atoms with van der Waals surface area (Å²) in [6.45, 7) is 3.76. The molecule has 5 heteroatoms. The number of nitrogens with zero attached hydrogens (tertiary/aromatic N) is 1. The van der Waals surface area contributed by atoms with Gasteiger partial charge in [0.2, 0.25) is 0 Å². The Balaban J connectivity index is 2.20. The van der Waals surface area contributed by atoms with E-state index in [9.17, 15) is 4.79 Å². The number of ether oxygens (including phenoxy) is 2. The number of benzene rings is 1. The number of hydrogen-bond acceptors (Lipinski definition) is 4. The summed E-state index contributed by atoms with van der Waals surface area (Å²) in [6.07, 6.45) is 0. The Labute approximate surface area is 106 Å². The monoisotopic (exact) mass is 250 g/mol. The fourth-order valence-electron chi connectivity index (χ4n) is 2.06. The van der Waals surface area contributed by atoms with E-state index in [-0.39, 0.29) is 11.9 Å². The first-order valence-corrected chi connectivity index (χ1v) is 5.95. The second-order valence-corrected chi connectivity index (χ2v) is 4.38. The number of carbonyl (C=O) groups excluding carboxylic acids is 1. The minimum Gasteiger partial charge on any atom is -0.495 e. The van der Waals surface area contributed by atoms with Crippen molar-refractivity contribution in [2.24, 2.45) is 0 Å². The average Bonchev–Trinajstić information content (AvgIpc) is 2.38. The maximum Gasteiger partial charge on any atom is 0.254 e. The largest absolute Gasteiger partial charge is 0.495 e. The molecule has 1 unspecified atom stereocenters. The lowest BCUT2D eigenvalue weighted by molar-refractivity contribution is 0.00359. The van der Waals surface area contributed by atoms with Gasteiger partial charge in [-0.3, -0.25) is 4.79 Å². The van der Waals surface area contributed by atoms with E-state index in [0.29, 0.717) is 36.8 Å². The van der Waals surface area contributed by atoms with E-state index in [2.05, 4.69) is 0 Å². The lowest BCUT2D eigenvalue weighted by atomic mass is 10.1. The van der Waals surface area contributed by atoms with Crippen LogP contribution in [-0.2, 0) is 4.74 Å². The SMILES string of the molecule is COc1ccc(C(=O)N2CCOCC2C)cc1N. The van der Waals surface area contributed by atoms with Gasteiger partial charge in [-0.2, -0.15) is 0 Å². The van der Waals surface area contributed by atoms with Crippen LogP contribution in [0.4, 0.5) is 5.69 Å². The van der Waals surface area contributed by atoms with Crippen LogP contribution in [0.1, 0.15) is 17.3 Å². The molecule has 0 aromatic heterocycles. The van der Waals surface area contributed by atoms with Crippen molar-refractivity contribution in [1.82, 2.24) is 4.90 Å². The first kappa shape index (κ1) is 12.7. The van der Waals surface area contributed by atoms with Gasteiger partial charge < -0.3 is 20.1 Å². The molecule has 1 heterocycles. The Morgan fingerprint density at radius 2 is 2.33 bits per heavy atom. The Bertz CT molecular complexity index is 448. The Morgan fingerprint density at radius 1 is 1.56 bits per heavy atom. The van der Waals surface area contributed by atoms with Crippen LogP contribution in [-0.4, -0.2) is 43.7 Å². The van der Waals surface area contributed by atoms with Gasteiger partial charge in [-0.25, -0.2) is 0 Å². The van der Waals surface area contributed by atoms with E-state index in [4.69, 9.17) is 15.2 Å². The van der Waals surface area contributed by atoms with Crippen molar-refractivity contribution in [2.75, 3.05) is 32.6 Å². The number of nitrogens with two attached hydrogens (primary N) is 1. The normalized spacial score (nSPS) is 19.7. The van der Waals surface area contributed by atoms with Crippen LogP contribution in [0.25, 0.3) is 0 Å². The van der Waals surface area contributed by atoms with Crippen LogP contribution in [0.5, 0.6) is 5.75 Å². The maximum absolute atomic E-state index is 12.3. The number of amides is 1. The molecule has 1 atom stereocenters. The zero-order chi connectivity index (χ0) is 13.1. The highest BCUT2D eigenvalue weighted by Gasteiger charge is 2.25. The molecule has 1 saturated heterocycles. The lowest BCUT2D eigenvalue weighted by Crippen LogP contribution is -2.47. The highest BCUT2D eigenvalue weighted by Crippen LogP contribution is 2.23. The number of anilines is 1. The van der Waals surface area contributed by atoms with Crippen molar-refractivity contribution in [3.63, 3.8) is 0 Å². The number of nitrogen functional groups attached to an aromatic ring is 1. The molecule has 0 bridgehead atoms. The molecule has 18 heavy (non-hydrogen) atoms. The summed E-state index contributed by atoms with van der Waals surface area (Å²) < 4.78 is 10.4. The second kappa shape index (κ2) is 5.27. The summed E-state index contributed by atoms with van der Waals surface area (Å²) in [5.41, 5.74) is 6.87. The van der Waals surface area contributed by atoms with E-state index in [0.717, 1.165) is 0 Å². The minimum atomic E-state index is -0.0137. The average molecular weight is 250 g/mol. The van der Waals surface area contributed by atoms with E-state index >= 15 is 0 Å². The van der Waals surface area contributed by atoms with Crippen LogP contribution in [0, 0.1) is 0 Å². The minimum absolute atomic E-state index is 0.0137. The molecule has 1 aliphatic rings. The summed E-state index contributed by atoms with van der Waals surface area (Å²) in [5, 5.41) is 0. The van der Waals surface area contributed by atoms with E-state index < -0.39 is 0 Å². The summed E-state index contributed by atoms with van der Waals surface area (Å²) >= 11 is 0. The van der Waals surface area contributed by atoms with Crippen LogP contribution < -0.4 is 10.5 Å². The molecule has 1 aliphatic heterocycles. The van der Waals surface area contributed by atoms with Gasteiger partial charge in [0.25, 0.3) is 5.91 Å². The lowest BCUT2D eigenvalue weighted by Gasteiger charge is -2.33. The molecule has 2 N–H and O–H groups in total. The van der Waals surface area contributed by atoms with E-state index in [1.165, 1.54) is 0 Å². The number of carbonyl (C=O) groups is 1. The molecule has 1 amide bonds. The third kappa shape index (κ3) is 2.41. The Hall–Kier alpha value is -1.75. The van der Waals surface area contributed by atoms with Crippen molar-refractivity contribution in [1.29, 1.82) is 0 Å². The summed E-state index contributed by atoms with van der Waals surface area (Å²) in [5.74, 6) is 0.571. The molecule has 0 aliphatic carbocycles. The topological polar surface area (TPSA) is 64.8 Å². The zero-order valence-corrected chi connectivity index (χ0v) is 10.7. The molecule has 0 saturated carbocycles. The molecule has 1 fully saturated rings. The molecule has 98 valence electrons. The van der Waals surface area contributed by atoms with Gasteiger partial charge in [0.15, 0.2) is 0 Å². The number of morpholine rings is 1. The molecule has 1 aromatic carbocycles. The standard InChI is InChI=1S/C13H18N2O3/c1-9-8-18-6-5-15(9)13(16)10-3-4-12(17-2)11(14)7-10/h3-4,7,9H,5-6,8,14H2,1-2H3. The van der Waals surface area contributed by atoms with Gasteiger partial charge >= 0.3 is 0 Å². The maximum atomic E-state index is 12.3. The third-order valence-electron chi connectivity index (χ3n) is 3.11. The first-order chi connectivity index (χ1) is 8.63. The fraction of sp³-hybridized carbons (Fsp3) is 0.462. The van der Waals surface area contributed by atoms with Gasteiger partial charge in [-0.1, -0.05) is 0 Å². The number of rotatable bonds is 2. The Kier molecular flexibility index (Phi) is 3.72. The molecule has 0 radical (unpaired) electrons. The van der Waals surface area contributed by atoms with Crippen molar-refractivity contribution >= 4 is 11.6 Å². The van der Waals surface area contributed by atoms with Crippen molar-refractivity contribution in [3.05, 3.63) is 23.8 Å². The number of hydrogen-bond donors (Lipinski definition) is 1. The van der Waals surface area contributed by atoms with Crippen LogP contribution in [0.15, 0.2) is 18.2 Å². The second-order valence-electron chi connectivity index (χ2n) is 4.38. The molecule has 2 rings (SSSR count). The van der Waals surface area contributed by atoms with Gasteiger partial charge in [0, 0.05) is 12.1 Å². The summed E-state index contributed by atoms with van der Waals surface area (Å²) in [6, 6.07) is 5.20. The Morgan fingerprint density at radius 3 is 2.94 bits per heavy atom. The predicted molar refractivity (Wildman–Crippen MR) is 68.7 cm³/mol. The quantitative estimate of drug-likeness (QED) is 0.799. The van der Waals surface area contributed by atoms with Gasteiger partial charge in [0.1, 0.15) is 5.75 Å². The van der Waals surface area contributed by atoms with E-state index in [1.54, 1.807) is 25.3 Å². The van der Waals surface area contributed by atoms with Crippen molar-refractivity contribution in [3.8, 4) is 5.75 Å². The predicted octanol–water partition coefficient (Wildman–Crippen LogP) is 1.14. The summed E-state index contributed by atoms with van der Waals surface area (Å²) in [4.78, 5) is 14.1. The molecular weight excluding hydrogens is 232 g/mol.